The molecular weight excluding hydrogens is 1060 g/mol. The quantitative estimate of drug-likeness (QED) is 0.235. The van der Waals surface area contributed by atoms with Crippen LogP contribution in [0.25, 0.3) is 0 Å². The Labute approximate surface area is 297 Å². The third kappa shape index (κ3) is 12.4. The van der Waals surface area contributed by atoms with E-state index in [1.807, 2.05) is 0 Å². The Morgan fingerprint density at radius 1 is 0.625 bits per heavy atom. The Bertz CT molecular complexity index is 555. The second-order valence-corrected chi connectivity index (χ2v) is 7.84. The molecule has 3 aliphatic rings. The van der Waals surface area contributed by atoms with E-state index in [2.05, 4.69) is 6.58 Å². The van der Waals surface area contributed by atoms with Crippen molar-refractivity contribution >= 4 is 17.3 Å². The Morgan fingerprint density at radius 2 is 1.03 bits per heavy atom. The number of hydrogen-bond donors (Lipinski definition) is 5. The summed E-state index contributed by atoms with van der Waals surface area (Å²) in [6.07, 6.45) is 3.88. The molecule has 0 amide bonds. The van der Waals surface area contributed by atoms with E-state index >= 15 is 0 Å². The molecule has 0 unspecified atom stereocenters. The smallest absolute Gasteiger partial charge is 0.158 e. The van der Waals surface area contributed by atoms with E-state index in [1.165, 1.54) is 0 Å². The third-order valence-corrected chi connectivity index (χ3v) is 6.14. The second-order valence-electron chi connectivity index (χ2n) is 7.84. The maximum absolute atomic E-state index is 10.9. The van der Waals surface area contributed by atoms with Crippen molar-refractivity contribution in [1.29, 1.82) is 0 Å². The van der Waals surface area contributed by atoms with Crippen LogP contribution < -0.4 is 0 Å². The summed E-state index contributed by atoms with van der Waals surface area (Å²) in [5, 5.41) is 43.5. The Kier molecular flexibility index (Phi) is 27.0. The number of carbonyl (C=O) groups is 3. The van der Waals surface area contributed by atoms with Gasteiger partial charge >= 0.3 is 0 Å². The SMILES string of the molecule is C=C1C(=O)CC[C@H]1CO.O=C1CC[C@@H](CO)[C@@H]1CO.O=C1CC[C@@H](CO)[C@@H]1CO.[Ac].[Ac].[Ac]. The molecule has 0 bridgehead atoms. The van der Waals surface area contributed by atoms with Crippen LogP contribution in [0.3, 0.4) is 0 Å². The van der Waals surface area contributed by atoms with Gasteiger partial charge in [-0.2, -0.15) is 0 Å². The molecule has 11 heteroatoms. The average Bonchev–Trinajstić information content (AvgIpc) is 3.39. The minimum Gasteiger partial charge on any atom is -0.396 e. The van der Waals surface area contributed by atoms with E-state index in [4.69, 9.17) is 25.5 Å². The number of hydrogen-bond acceptors (Lipinski definition) is 8. The first-order chi connectivity index (χ1) is 13.8. The number of Topliss-reactive ketones (excluding diaryl/α,β-unsaturated/α-hetero) is 3. The summed E-state index contributed by atoms with van der Waals surface area (Å²) in [4.78, 5) is 32.5. The number of aliphatic hydroxyl groups is 5. The summed E-state index contributed by atoms with van der Waals surface area (Å²) in [6, 6.07) is 0. The molecule has 0 aromatic rings. The molecule has 8 nitrogen and oxygen atoms in total. The minimum absolute atomic E-state index is 0. The van der Waals surface area contributed by atoms with Crippen LogP contribution in [0, 0.1) is 162 Å². The van der Waals surface area contributed by atoms with E-state index in [9.17, 15) is 14.4 Å². The fourth-order valence-electron chi connectivity index (χ4n) is 3.96. The zero-order valence-electron chi connectivity index (χ0n) is 18.6. The maximum atomic E-state index is 10.9. The molecular formula is C21H34Ac3O8. The Hall–Kier alpha value is 2.87. The van der Waals surface area contributed by atoms with Crippen LogP contribution in [0.4, 0.5) is 0 Å². The van der Waals surface area contributed by atoms with Gasteiger partial charge in [0, 0.05) is 182 Å². The van der Waals surface area contributed by atoms with Gasteiger partial charge in [-0.05, 0) is 36.7 Å². The summed E-state index contributed by atoms with van der Waals surface area (Å²) in [5.74, 6) is -0.181. The fraction of sp³-hybridized carbons (Fsp3) is 0.762. The minimum atomic E-state index is -0.287. The fourth-order valence-corrected chi connectivity index (χ4v) is 3.96. The molecule has 3 fully saturated rings. The zero-order chi connectivity index (χ0) is 22.0. The molecule has 0 spiro atoms. The number of aliphatic hydroxyl groups excluding tert-OH is 5. The zero-order valence-corrected chi connectivity index (χ0v) is 32.8. The van der Waals surface area contributed by atoms with Gasteiger partial charge in [0.1, 0.15) is 11.6 Å². The van der Waals surface area contributed by atoms with Gasteiger partial charge in [-0.1, -0.05) is 6.58 Å². The first kappa shape index (κ1) is 39.4. The van der Waals surface area contributed by atoms with Crippen molar-refractivity contribution in [3.05, 3.63) is 12.2 Å². The van der Waals surface area contributed by atoms with Crippen LogP contribution in [-0.2, 0) is 14.4 Å². The van der Waals surface area contributed by atoms with Gasteiger partial charge < -0.3 is 25.5 Å². The molecule has 0 aliphatic heterocycles. The van der Waals surface area contributed by atoms with Gasteiger partial charge in [-0.15, -0.1) is 0 Å². The van der Waals surface area contributed by atoms with Crippen LogP contribution >= 0.6 is 0 Å². The van der Waals surface area contributed by atoms with E-state index in [0.717, 1.165) is 19.3 Å². The average molecular weight is 1100 g/mol. The third-order valence-electron chi connectivity index (χ3n) is 6.14. The molecule has 5 atom stereocenters. The van der Waals surface area contributed by atoms with Crippen LogP contribution in [0.1, 0.15) is 38.5 Å². The van der Waals surface area contributed by atoms with Crippen LogP contribution in [0.2, 0.25) is 0 Å². The second kappa shape index (κ2) is 21.9. The van der Waals surface area contributed by atoms with Crippen molar-refractivity contribution in [2.24, 2.45) is 29.6 Å². The number of ketones is 3. The largest absolute Gasteiger partial charge is 0.396 e. The monoisotopic (exact) mass is 1100 g/mol. The van der Waals surface area contributed by atoms with Crippen LogP contribution in [-0.4, -0.2) is 75.9 Å². The van der Waals surface area contributed by atoms with Crippen molar-refractivity contribution in [2.75, 3.05) is 33.0 Å². The van der Waals surface area contributed by atoms with Crippen molar-refractivity contribution in [1.82, 2.24) is 0 Å². The van der Waals surface area contributed by atoms with Crippen LogP contribution in [0.15, 0.2) is 12.2 Å². The molecule has 3 radical (unpaired) electrons. The normalized spacial score (nSPS) is 28.5. The molecule has 0 aromatic carbocycles. The number of rotatable bonds is 5. The maximum Gasteiger partial charge on any atom is 0.158 e. The molecule has 3 saturated carbocycles. The van der Waals surface area contributed by atoms with Gasteiger partial charge in [-0.25, -0.2) is 0 Å². The molecule has 0 saturated heterocycles. The standard InChI is InChI=1S/2C7H12O3.C7H10O2.3Ac/c2*8-3-5-1-2-7(10)6(5)4-9;1-5-6(4-8)2-3-7(5)9;;;/h2*5-6,8-9H,1-4H2;6,8H,1-4H2;;;/t2*5-,6-;6-;;;/m000.../s1. The first-order valence-electron chi connectivity index (χ1n) is 10.2. The molecule has 175 valence electrons. The van der Waals surface area contributed by atoms with Gasteiger partial charge in [0.05, 0.1) is 19.8 Å². The summed E-state index contributed by atoms with van der Waals surface area (Å²) in [7, 11) is 0. The van der Waals surface area contributed by atoms with Gasteiger partial charge in [-0.3, -0.25) is 14.4 Å². The molecule has 0 aromatic heterocycles. The molecule has 3 aliphatic carbocycles. The summed E-state index contributed by atoms with van der Waals surface area (Å²) in [6.45, 7) is 3.49. The van der Waals surface area contributed by atoms with E-state index < -0.39 is 0 Å². The Balaban J connectivity index is -0.000000377. The van der Waals surface area contributed by atoms with E-state index in [0.29, 0.717) is 24.8 Å². The molecule has 3 rings (SSSR count). The van der Waals surface area contributed by atoms with Crippen molar-refractivity contribution in [2.45, 2.75) is 38.5 Å². The topological polar surface area (TPSA) is 152 Å². The van der Waals surface area contributed by atoms with Gasteiger partial charge in [0.2, 0.25) is 0 Å². The summed E-state index contributed by atoms with van der Waals surface area (Å²) < 4.78 is 0. The predicted molar refractivity (Wildman–Crippen MR) is 105 cm³/mol. The van der Waals surface area contributed by atoms with Crippen molar-refractivity contribution < 1.29 is 172 Å². The predicted octanol–water partition coefficient (Wildman–Crippen LogP) is -0.353. The van der Waals surface area contributed by atoms with Crippen molar-refractivity contribution in [3.63, 3.8) is 0 Å². The van der Waals surface area contributed by atoms with E-state index in [1.54, 1.807) is 0 Å². The first-order valence-corrected chi connectivity index (χ1v) is 10.2. The van der Waals surface area contributed by atoms with Gasteiger partial charge in [0.25, 0.3) is 0 Å². The van der Waals surface area contributed by atoms with Crippen molar-refractivity contribution in [3.8, 4) is 0 Å². The van der Waals surface area contributed by atoms with E-state index in [-0.39, 0.29) is 212 Å². The molecule has 0 heterocycles. The summed E-state index contributed by atoms with van der Waals surface area (Å²) in [5.41, 5.74) is 0.609. The molecule has 5 N–H and O–H groups in total. The Morgan fingerprint density at radius 3 is 1.22 bits per heavy atom. The molecule has 32 heavy (non-hydrogen) atoms. The summed E-state index contributed by atoms with van der Waals surface area (Å²) >= 11 is 0. The van der Waals surface area contributed by atoms with Gasteiger partial charge in [0.15, 0.2) is 5.78 Å². The number of carbonyl (C=O) groups excluding carboxylic acids is 3. The van der Waals surface area contributed by atoms with Crippen LogP contribution in [0.5, 0.6) is 0 Å².